The van der Waals surface area contributed by atoms with E-state index < -0.39 is 0 Å². The van der Waals surface area contributed by atoms with Gasteiger partial charge in [-0.15, -0.1) is 0 Å². The molecule has 28 heavy (non-hydrogen) atoms. The van der Waals surface area contributed by atoms with Crippen LogP contribution in [0.3, 0.4) is 0 Å². The van der Waals surface area contributed by atoms with E-state index in [9.17, 15) is 0 Å². The molecule has 2 nitrogen and oxygen atoms in total. The van der Waals surface area contributed by atoms with Gasteiger partial charge in [0, 0.05) is 12.5 Å². The molecule has 0 saturated heterocycles. The summed E-state index contributed by atoms with van der Waals surface area (Å²) in [7, 11) is 1.50. The van der Waals surface area contributed by atoms with Gasteiger partial charge in [0.05, 0.1) is 0 Å². The van der Waals surface area contributed by atoms with Crippen molar-refractivity contribution < 1.29 is 0 Å². The fourth-order valence-corrected chi connectivity index (χ4v) is 7.71. The number of hydrogen-bond acceptors (Lipinski definition) is 2. The molecule has 0 amide bonds. The minimum atomic E-state index is 0.388. The van der Waals surface area contributed by atoms with Crippen LogP contribution in [0.5, 0.6) is 0 Å². The summed E-state index contributed by atoms with van der Waals surface area (Å²) < 4.78 is 0. The van der Waals surface area contributed by atoms with Crippen LogP contribution in [0.25, 0.3) is 0 Å². The smallest absolute Gasteiger partial charge is 0.0139 e. The monoisotopic (exact) mass is 382 g/mol. The highest BCUT2D eigenvalue weighted by Crippen LogP contribution is 2.68. The minimum absolute atomic E-state index is 0.388. The molecule has 7 atom stereocenters. The van der Waals surface area contributed by atoms with Crippen molar-refractivity contribution in [2.24, 2.45) is 52.4 Å². The maximum absolute atomic E-state index is 6.13. The van der Waals surface area contributed by atoms with Gasteiger partial charge < -0.3 is 11.5 Å². The van der Waals surface area contributed by atoms with E-state index in [-0.39, 0.29) is 0 Å². The summed E-state index contributed by atoms with van der Waals surface area (Å²) in [6.07, 6.45) is 16.6. The quantitative estimate of drug-likeness (QED) is 0.620. The largest absolute Gasteiger partial charge is 0.333 e. The second kappa shape index (κ2) is 8.71. The van der Waals surface area contributed by atoms with E-state index in [0.717, 1.165) is 36.0 Å². The standard InChI is InChI=1S/C25H37N.CH5N/c1-5-19-13-16(2)8-9-22(19)21-10-11-24-23(18(21)4)14-20-7-6-12-25(20,24)17(3)15-26;1-2/h8-9,13,18,20-24H,2-3,5-7,10-12,14-15,26H2,1,4H3;2H2,1H3. The zero-order chi connectivity index (χ0) is 20.5. The van der Waals surface area contributed by atoms with Crippen LogP contribution in [0.15, 0.2) is 48.1 Å². The third-order valence-corrected chi connectivity index (χ3v) is 8.86. The molecule has 0 heterocycles. The van der Waals surface area contributed by atoms with Crippen LogP contribution in [0.2, 0.25) is 0 Å². The predicted molar refractivity (Wildman–Crippen MR) is 122 cm³/mol. The number of rotatable bonds is 4. The number of nitrogens with two attached hydrogens (primary N) is 2. The lowest BCUT2D eigenvalue weighted by Crippen LogP contribution is -2.41. The first-order valence-corrected chi connectivity index (χ1v) is 11.6. The highest BCUT2D eigenvalue weighted by molar-refractivity contribution is 5.39. The van der Waals surface area contributed by atoms with Gasteiger partial charge in [0.2, 0.25) is 0 Å². The van der Waals surface area contributed by atoms with Gasteiger partial charge in [0.15, 0.2) is 0 Å². The highest BCUT2D eigenvalue weighted by Gasteiger charge is 2.60. The topological polar surface area (TPSA) is 52.0 Å². The molecular weight excluding hydrogens is 340 g/mol. The van der Waals surface area contributed by atoms with Crippen LogP contribution in [0.4, 0.5) is 0 Å². The van der Waals surface area contributed by atoms with Crippen molar-refractivity contribution in [2.75, 3.05) is 13.6 Å². The number of allylic oxidation sites excluding steroid dienone is 5. The molecule has 4 rings (SSSR count). The Morgan fingerprint density at radius 2 is 1.96 bits per heavy atom. The summed E-state index contributed by atoms with van der Waals surface area (Å²) in [6.45, 7) is 14.2. The van der Waals surface area contributed by atoms with Crippen molar-refractivity contribution >= 4 is 0 Å². The first-order chi connectivity index (χ1) is 13.5. The summed E-state index contributed by atoms with van der Waals surface area (Å²) in [5.74, 6) is 4.81. The first-order valence-electron chi connectivity index (χ1n) is 11.6. The molecule has 4 aliphatic rings. The van der Waals surface area contributed by atoms with Crippen LogP contribution < -0.4 is 11.5 Å². The van der Waals surface area contributed by atoms with E-state index in [0.29, 0.717) is 17.9 Å². The Bertz CT molecular complexity index is 657. The fraction of sp³-hybridized carbons (Fsp3) is 0.692. The van der Waals surface area contributed by atoms with Gasteiger partial charge in [-0.05, 0) is 86.2 Å². The Kier molecular flexibility index (Phi) is 6.72. The second-order valence-electron chi connectivity index (χ2n) is 9.58. The van der Waals surface area contributed by atoms with E-state index in [1.54, 1.807) is 5.57 Å². The summed E-state index contributed by atoms with van der Waals surface area (Å²) in [5.41, 5.74) is 15.2. The molecule has 3 fully saturated rings. The fourth-order valence-electron chi connectivity index (χ4n) is 7.71. The predicted octanol–water partition coefficient (Wildman–Crippen LogP) is 5.62. The van der Waals surface area contributed by atoms with Crippen molar-refractivity contribution in [3.63, 3.8) is 0 Å². The normalized spacial score (nSPS) is 41.6. The Morgan fingerprint density at radius 1 is 1.21 bits per heavy atom. The number of hydrogen-bond donors (Lipinski definition) is 2. The molecule has 0 aromatic rings. The molecule has 3 saturated carbocycles. The summed E-state index contributed by atoms with van der Waals surface area (Å²) in [4.78, 5) is 0. The molecule has 2 heteroatoms. The van der Waals surface area contributed by atoms with Crippen molar-refractivity contribution in [3.8, 4) is 0 Å². The van der Waals surface area contributed by atoms with E-state index in [1.807, 2.05) is 0 Å². The Balaban J connectivity index is 0.00000109. The molecular formula is C26H42N2. The third-order valence-electron chi connectivity index (χ3n) is 8.86. The lowest BCUT2D eigenvalue weighted by atomic mass is 9.57. The van der Waals surface area contributed by atoms with Gasteiger partial charge in [0.1, 0.15) is 0 Å². The molecule has 7 unspecified atom stereocenters. The summed E-state index contributed by atoms with van der Waals surface area (Å²) in [6, 6.07) is 0. The van der Waals surface area contributed by atoms with E-state index in [1.165, 1.54) is 56.7 Å². The van der Waals surface area contributed by atoms with Gasteiger partial charge in [0.25, 0.3) is 0 Å². The lowest BCUT2D eigenvalue weighted by molar-refractivity contribution is 0.0595. The van der Waals surface area contributed by atoms with E-state index in [2.05, 4.69) is 51.0 Å². The molecule has 0 bridgehead atoms. The van der Waals surface area contributed by atoms with E-state index in [4.69, 9.17) is 5.73 Å². The SMILES string of the molecule is C=C1C=CC(C2CCC3C(CC4CCCC43C(=C)CN)C2C)C(CC)=C1.CN. The zero-order valence-electron chi connectivity index (χ0n) is 18.4. The number of fused-ring (bicyclic) bond motifs is 3. The second-order valence-corrected chi connectivity index (χ2v) is 9.58. The molecule has 4 N–H and O–H groups in total. The maximum Gasteiger partial charge on any atom is 0.0139 e. The Morgan fingerprint density at radius 3 is 2.64 bits per heavy atom. The van der Waals surface area contributed by atoms with Crippen molar-refractivity contribution in [2.45, 2.75) is 58.8 Å². The van der Waals surface area contributed by atoms with Crippen LogP contribution in [-0.4, -0.2) is 13.6 Å². The third kappa shape index (κ3) is 3.27. The molecule has 0 aromatic heterocycles. The van der Waals surface area contributed by atoms with Gasteiger partial charge >= 0.3 is 0 Å². The van der Waals surface area contributed by atoms with Gasteiger partial charge in [-0.3, -0.25) is 0 Å². The molecule has 0 aromatic carbocycles. The average molecular weight is 383 g/mol. The van der Waals surface area contributed by atoms with Crippen LogP contribution in [0.1, 0.15) is 58.8 Å². The first kappa shape index (κ1) is 21.6. The molecule has 156 valence electrons. The lowest BCUT2D eigenvalue weighted by Gasteiger charge is -2.47. The molecule has 0 spiro atoms. The van der Waals surface area contributed by atoms with Crippen molar-refractivity contribution in [1.29, 1.82) is 0 Å². The van der Waals surface area contributed by atoms with Crippen LogP contribution >= 0.6 is 0 Å². The maximum atomic E-state index is 6.13. The Labute approximate surface area is 173 Å². The summed E-state index contributed by atoms with van der Waals surface area (Å²) in [5, 5.41) is 0. The van der Waals surface area contributed by atoms with Gasteiger partial charge in [-0.2, -0.15) is 0 Å². The van der Waals surface area contributed by atoms with Gasteiger partial charge in [-0.25, -0.2) is 0 Å². The van der Waals surface area contributed by atoms with Gasteiger partial charge in [-0.1, -0.05) is 62.8 Å². The zero-order valence-corrected chi connectivity index (χ0v) is 18.4. The summed E-state index contributed by atoms with van der Waals surface area (Å²) >= 11 is 0. The molecule has 0 radical (unpaired) electrons. The van der Waals surface area contributed by atoms with E-state index >= 15 is 0 Å². The molecule has 4 aliphatic carbocycles. The van der Waals surface area contributed by atoms with Crippen molar-refractivity contribution in [3.05, 3.63) is 48.1 Å². The minimum Gasteiger partial charge on any atom is -0.333 e. The average Bonchev–Trinajstić information content (AvgIpc) is 3.27. The van der Waals surface area contributed by atoms with Crippen molar-refractivity contribution in [1.82, 2.24) is 0 Å². The van der Waals surface area contributed by atoms with Crippen LogP contribution in [0, 0.1) is 40.9 Å². The highest BCUT2D eigenvalue weighted by atomic mass is 14.7. The molecule has 0 aliphatic heterocycles. The Hall–Kier alpha value is -1.12. The van der Waals surface area contributed by atoms with Crippen LogP contribution in [-0.2, 0) is 0 Å².